The van der Waals surface area contributed by atoms with Gasteiger partial charge in [0.2, 0.25) is 0 Å². The minimum atomic E-state index is 0.0764. The average Bonchev–Trinajstić information content (AvgIpc) is 2.50. The molecule has 0 aliphatic heterocycles. The van der Waals surface area contributed by atoms with Crippen LogP contribution in [0.3, 0.4) is 0 Å². The molecule has 1 heterocycles. The van der Waals surface area contributed by atoms with E-state index in [0.717, 1.165) is 10.9 Å². The Labute approximate surface area is 88.1 Å². The molecule has 0 saturated carbocycles. The second-order valence-electron chi connectivity index (χ2n) is 4.43. The quantitative estimate of drug-likeness (QED) is 0.771. The summed E-state index contributed by atoms with van der Waals surface area (Å²) in [7, 11) is 0.615. The van der Waals surface area contributed by atoms with Crippen molar-refractivity contribution < 1.29 is 9.52 Å². The maximum Gasteiger partial charge on any atom is 0.139 e. The van der Waals surface area contributed by atoms with Crippen LogP contribution in [0.5, 0.6) is 0 Å². The molecule has 0 saturated heterocycles. The van der Waals surface area contributed by atoms with Gasteiger partial charge in [-0.3, -0.25) is 0 Å². The molecule has 0 aliphatic carbocycles. The Morgan fingerprint density at radius 1 is 1.50 bits per heavy atom. The van der Waals surface area contributed by atoms with Gasteiger partial charge in [0.25, 0.3) is 0 Å². The lowest BCUT2D eigenvalue weighted by molar-refractivity contribution is 0.282. The smallest absolute Gasteiger partial charge is 0.139 e. The number of rotatable bonds is 4. The lowest BCUT2D eigenvalue weighted by atomic mass is 9.99. The van der Waals surface area contributed by atoms with Crippen molar-refractivity contribution in [3.63, 3.8) is 0 Å². The van der Waals surface area contributed by atoms with Gasteiger partial charge in [-0.2, -0.15) is 0 Å². The molecule has 0 atom stereocenters. The van der Waals surface area contributed by atoms with Gasteiger partial charge in [0.1, 0.15) is 9.52 Å². The highest BCUT2D eigenvalue weighted by Gasteiger charge is 2.26. The number of aliphatic hydroxyl groups is 1. The molecule has 1 aromatic rings. The SMILES string of the molecule is CC(C)C(C)(C)[Si]c1occc1CO. The van der Waals surface area contributed by atoms with Crippen LogP contribution in [-0.2, 0) is 6.61 Å². The molecule has 2 radical (unpaired) electrons. The Balaban J connectivity index is 2.78. The van der Waals surface area contributed by atoms with Gasteiger partial charge in [-0.1, -0.05) is 27.7 Å². The van der Waals surface area contributed by atoms with Crippen LogP contribution in [0.2, 0.25) is 5.04 Å². The van der Waals surface area contributed by atoms with E-state index < -0.39 is 0 Å². The fraction of sp³-hybridized carbons (Fsp3) is 0.636. The summed E-state index contributed by atoms with van der Waals surface area (Å²) in [5.74, 6) is 0.609. The lowest BCUT2D eigenvalue weighted by Gasteiger charge is -2.27. The van der Waals surface area contributed by atoms with E-state index in [4.69, 9.17) is 9.52 Å². The molecule has 1 N–H and O–H groups in total. The fourth-order valence-corrected chi connectivity index (χ4v) is 2.33. The van der Waals surface area contributed by atoms with Gasteiger partial charge in [0.15, 0.2) is 0 Å². The predicted octanol–water partition coefficient (Wildman–Crippen LogP) is 1.96. The Morgan fingerprint density at radius 3 is 2.64 bits per heavy atom. The first-order valence-corrected chi connectivity index (χ1v) is 5.92. The second kappa shape index (κ2) is 4.32. The molecule has 14 heavy (non-hydrogen) atoms. The number of furan rings is 1. The summed E-state index contributed by atoms with van der Waals surface area (Å²) in [6, 6.07) is 1.85. The van der Waals surface area contributed by atoms with Gasteiger partial charge in [-0.25, -0.2) is 0 Å². The lowest BCUT2D eigenvalue weighted by Crippen LogP contribution is -2.30. The highest BCUT2D eigenvalue weighted by Crippen LogP contribution is 2.32. The van der Waals surface area contributed by atoms with Crippen LogP contribution in [0.1, 0.15) is 33.3 Å². The summed E-state index contributed by atoms with van der Waals surface area (Å²) in [5.41, 5.74) is 0.928. The van der Waals surface area contributed by atoms with E-state index in [9.17, 15) is 0 Å². The monoisotopic (exact) mass is 210 g/mol. The van der Waals surface area contributed by atoms with Crippen LogP contribution in [0.25, 0.3) is 0 Å². The van der Waals surface area contributed by atoms with Crippen molar-refractivity contribution in [2.24, 2.45) is 5.92 Å². The zero-order valence-electron chi connectivity index (χ0n) is 9.29. The summed E-state index contributed by atoms with van der Waals surface area (Å²) in [6.45, 7) is 8.98. The third kappa shape index (κ3) is 2.48. The van der Waals surface area contributed by atoms with Gasteiger partial charge in [0, 0.05) is 5.56 Å². The molecular weight excluding hydrogens is 192 g/mol. The summed E-state index contributed by atoms with van der Waals surface area (Å²) >= 11 is 0. The molecule has 0 aliphatic rings. The number of aliphatic hydroxyl groups excluding tert-OH is 1. The molecule has 0 amide bonds. The van der Waals surface area contributed by atoms with E-state index in [2.05, 4.69) is 27.7 Å². The van der Waals surface area contributed by atoms with Crippen molar-refractivity contribution in [2.75, 3.05) is 0 Å². The number of hydrogen-bond donors (Lipinski definition) is 1. The highest BCUT2D eigenvalue weighted by molar-refractivity contribution is 6.55. The molecule has 0 unspecified atom stereocenters. The van der Waals surface area contributed by atoms with Crippen molar-refractivity contribution in [3.8, 4) is 0 Å². The van der Waals surface area contributed by atoms with Gasteiger partial charge >= 0.3 is 0 Å². The van der Waals surface area contributed by atoms with Crippen LogP contribution in [0, 0.1) is 5.92 Å². The summed E-state index contributed by atoms with van der Waals surface area (Å²) in [6.07, 6.45) is 1.66. The average molecular weight is 210 g/mol. The van der Waals surface area contributed by atoms with Gasteiger partial charge < -0.3 is 9.52 Å². The second-order valence-corrected chi connectivity index (χ2v) is 6.43. The molecule has 0 bridgehead atoms. The molecular formula is C11H18O2Si. The first-order chi connectivity index (χ1) is 6.47. The van der Waals surface area contributed by atoms with E-state index in [0.29, 0.717) is 15.4 Å². The largest absolute Gasteiger partial charge is 0.475 e. The standard InChI is InChI=1S/C11H18O2Si/c1-8(2)11(3,4)14-10-9(7-12)5-6-13-10/h5-6,8,12H,7H2,1-4H3. The normalized spacial score (nSPS) is 12.4. The van der Waals surface area contributed by atoms with E-state index in [1.54, 1.807) is 6.26 Å². The Bertz CT molecular complexity index is 289. The molecule has 3 heteroatoms. The third-order valence-electron chi connectivity index (χ3n) is 2.80. The maximum absolute atomic E-state index is 9.09. The maximum atomic E-state index is 9.09. The van der Waals surface area contributed by atoms with Crippen LogP contribution >= 0.6 is 0 Å². The van der Waals surface area contributed by atoms with Crippen LogP contribution < -0.4 is 5.38 Å². The van der Waals surface area contributed by atoms with Crippen molar-refractivity contribution in [1.82, 2.24) is 0 Å². The topological polar surface area (TPSA) is 33.4 Å². The Morgan fingerprint density at radius 2 is 2.14 bits per heavy atom. The first-order valence-electron chi connectivity index (χ1n) is 4.92. The van der Waals surface area contributed by atoms with Gasteiger partial charge in [-0.15, -0.1) is 0 Å². The Kier molecular flexibility index (Phi) is 3.56. The molecule has 0 spiro atoms. The van der Waals surface area contributed by atoms with Crippen molar-refractivity contribution >= 4 is 14.9 Å². The molecule has 0 fully saturated rings. The zero-order chi connectivity index (χ0) is 10.8. The summed E-state index contributed by atoms with van der Waals surface area (Å²) in [5, 5.41) is 10.3. The van der Waals surface area contributed by atoms with Crippen LogP contribution in [0.15, 0.2) is 16.7 Å². The van der Waals surface area contributed by atoms with Gasteiger partial charge in [-0.05, 0) is 17.0 Å². The minimum absolute atomic E-state index is 0.0764. The minimum Gasteiger partial charge on any atom is -0.475 e. The van der Waals surface area contributed by atoms with E-state index in [1.807, 2.05) is 6.07 Å². The third-order valence-corrected chi connectivity index (χ3v) is 4.68. The van der Waals surface area contributed by atoms with E-state index in [-0.39, 0.29) is 11.6 Å². The summed E-state index contributed by atoms with van der Waals surface area (Å²) in [4.78, 5) is 0. The van der Waals surface area contributed by atoms with Gasteiger partial charge in [0.05, 0.1) is 18.3 Å². The van der Waals surface area contributed by atoms with Crippen LogP contribution in [-0.4, -0.2) is 14.6 Å². The molecule has 2 nitrogen and oxygen atoms in total. The van der Waals surface area contributed by atoms with E-state index >= 15 is 0 Å². The van der Waals surface area contributed by atoms with E-state index in [1.165, 1.54) is 0 Å². The fourth-order valence-electron chi connectivity index (χ4n) is 1.01. The summed E-state index contributed by atoms with van der Waals surface area (Å²) < 4.78 is 5.39. The van der Waals surface area contributed by atoms with Crippen molar-refractivity contribution in [1.29, 1.82) is 0 Å². The molecule has 1 rings (SSSR count). The van der Waals surface area contributed by atoms with Crippen molar-refractivity contribution in [3.05, 3.63) is 17.9 Å². The van der Waals surface area contributed by atoms with Crippen LogP contribution in [0.4, 0.5) is 0 Å². The zero-order valence-corrected chi connectivity index (χ0v) is 10.3. The number of hydrogen-bond acceptors (Lipinski definition) is 2. The molecule has 1 aromatic heterocycles. The first kappa shape index (κ1) is 11.5. The molecule has 78 valence electrons. The van der Waals surface area contributed by atoms with Crippen molar-refractivity contribution in [2.45, 2.75) is 39.3 Å². The predicted molar refractivity (Wildman–Crippen MR) is 58.9 cm³/mol. The molecule has 0 aromatic carbocycles. The Hall–Kier alpha value is -0.543. The highest BCUT2D eigenvalue weighted by atomic mass is 28.2.